The van der Waals surface area contributed by atoms with E-state index in [4.69, 9.17) is 9.57 Å². The normalized spacial score (nSPS) is 18.4. The van der Waals surface area contributed by atoms with Gasteiger partial charge in [-0.05, 0) is 37.8 Å². The number of thioether (sulfide) groups is 1. The summed E-state index contributed by atoms with van der Waals surface area (Å²) < 4.78 is 4.58. The van der Waals surface area contributed by atoms with Crippen LogP contribution in [-0.4, -0.2) is 35.4 Å². The number of benzene rings is 1. The summed E-state index contributed by atoms with van der Waals surface area (Å²) in [6.45, 7) is 6.14. The molecule has 1 aliphatic heterocycles. The Hall–Kier alpha value is -1.93. The molecule has 4 nitrogen and oxygen atoms in total. The highest BCUT2D eigenvalue weighted by Gasteiger charge is 2.39. The Morgan fingerprint density at radius 2 is 2.12 bits per heavy atom. The van der Waals surface area contributed by atoms with E-state index >= 15 is 0 Å². The molecule has 0 bridgehead atoms. The molecular formula is C20H25NO3S. The smallest absolute Gasteiger partial charge is 0.322 e. The zero-order valence-corrected chi connectivity index (χ0v) is 16.1. The van der Waals surface area contributed by atoms with Gasteiger partial charge in [0.2, 0.25) is 0 Å². The third-order valence-corrected chi connectivity index (χ3v) is 5.37. The Balaban J connectivity index is 1.99. The third-order valence-electron chi connectivity index (χ3n) is 4.14. The fourth-order valence-corrected chi connectivity index (χ4v) is 3.19. The van der Waals surface area contributed by atoms with Gasteiger partial charge in [0.05, 0.1) is 12.3 Å². The minimum Gasteiger partial charge on any atom is -0.465 e. The molecule has 0 saturated heterocycles. The Morgan fingerprint density at radius 3 is 2.72 bits per heavy atom. The number of carbonyl (C=O) groups excluding carboxylic acids is 1. The summed E-state index contributed by atoms with van der Waals surface area (Å²) in [7, 11) is 0. The maximum Gasteiger partial charge on any atom is 0.322 e. The van der Waals surface area contributed by atoms with Crippen LogP contribution in [0.15, 0.2) is 29.4 Å². The van der Waals surface area contributed by atoms with E-state index in [0.717, 1.165) is 23.3 Å². The molecule has 134 valence electrons. The van der Waals surface area contributed by atoms with E-state index in [0.29, 0.717) is 19.4 Å². The fraction of sp³-hybridized carbons (Fsp3) is 0.500. The van der Waals surface area contributed by atoms with Crippen LogP contribution >= 0.6 is 11.8 Å². The Morgan fingerprint density at radius 1 is 1.40 bits per heavy atom. The summed E-state index contributed by atoms with van der Waals surface area (Å²) in [5, 5.41) is 4.22. The highest BCUT2D eigenvalue weighted by atomic mass is 32.2. The molecule has 5 heteroatoms. The van der Waals surface area contributed by atoms with Gasteiger partial charge in [-0.2, -0.15) is 0 Å². The molecule has 1 heterocycles. The van der Waals surface area contributed by atoms with Crippen molar-refractivity contribution in [1.29, 1.82) is 0 Å². The van der Waals surface area contributed by atoms with Crippen LogP contribution in [0.2, 0.25) is 0 Å². The van der Waals surface area contributed by atoms with Gasteiger partial charge >= 0.3 is 5.97 Å². The van der Waals surface area contributed by atoms with Crippen molar-refractivity contribution in [3.8, 4) is 11.8 Å². The number of carbonyl (C=O) groups is 1. The van der Waals surface area contributed by atoms with Crippen molar-refractivity contribution in [3.63, 3.8) is 0 Å². The van der Waals surface area contributed by atoms with Gasteiger partial charge in [-0.15, -0.1) is 11.8 Å². The molecular weight excluding hydrogens is 334 g/mol. The molecule has 1 aromatic rings. The van der Waals surface area contributed by atoms with E-state index < -0.39 is 4.75 Å². The standard InChI is InChI=1S/C20H25NO3S/c1-5-7-8-15-9-11-16(12-10-15)18-13-17(24-21-18)14-20(3,25-4)19(22)23-6-2/h9-12,17H,5-6,13-14H2,1-4H3. The second-order valence-corrected chi connectivity index (χ2v) is 7.37. The minimum absolute atomic E-state index is 0.114. The van der Waals surface area contributed by atoms with Crippen LogP contribution in [0.3, 0.4) is 0 Å². The summed E-state index contributed by atoms with van der Waals surface area (Å²) in [6.07, 6.45) is 3.91. The van der Waals surface area contributed by atoms with Crippen LogP contribution in [0.4, 0.5) is 0 Å². The lowest BCUT2D eigenvalue weighted by Gasteiger charge is -2.26. The Bertz CT molecular complexity index is 687. The number of esters is 1. The quantitative estimate of drug-likeness (QED) is 0.569. The maximum atomic E-state index is 12.2. The highest BCUT2D eigenvalue weighted by molar-refractivity contribution is 8.00. The van der Waals surface area contributed by atoms with Crippen molar-refractivity contribution in [3.05, 3.63) is 35.4 Å². The minimum atomic E-state index is -0.620. The monoisotopic (exact) mass is 359 g/mol. The highest BCUT2D eigenvalue weighted by Crippen LogP contribution is 2.33. The van der Waals surface area contributed by atoms with Gasteiger partial charge in [0.1, 0.15) is 10.9 Å². The number of hydrogen-bond acceptors (Lipinski definition) is 5. The van der Waals surface area contributed by atoms with Crippen LogP contribution in [-0.2, 0) is 14.4 Å². The fourth-order valence-electron chi connectivity index (χ4n) is 2.61. The molecule has 25 heavy (non-hydrogen) atoms. The Kier molecular flexibility index (Phi) is 6.95. The zero-order chi connectivity index (χ0) is 18.3. The van der Waals surface area contributed by atoms with Crippen molar-refractivity contribution in [1.82, 2.24) is 0 Å². The first-order valence-corrected chi connectivity index (χ1v) is 9.79. The van der Waals surface area contributed by atoms with E-state index in [-0.39, 0.29) is 12.1 Å². The summed E-state index contributed by atoms with van der Waals surface area (Å²) in [4.78, 5) is 17.8. The molecule has 0 saturated carbocycles. The van der Waals surface area contributed by atoms with Crippen molar-refractivity contribution in [2.75, 3.05) is 12.9 Å². The van der Waals surface area contributed by atoms with Gasteiger partial charge in [0.25, 0.3) is 0 Å². The predicted octanol–water partition coefficient (Wildman–Crippen LogP) is 4.02. The summed E-state index contributed by atoms with van der Waals surface area (Å²) in [6, 6.07) is 8.03. The maximum absolute atomic E-state index is 12.2. The molecule has 0 aliphatic carbocycles. The number of rotatable bonds is 6. The van der Waals surface area contributed by atoms with Crippen LogP contribution in [0.25, 0.3) is 0 Å². The molecule has 1 aliphatic rings. The summed E-state index contributed by atoms with van der Waals surface area (Å²) in [5.41, 5.74) is 2.94. The first kappa shape index (κ1) is 19.4. The van der Waals surface area contributed by atoms with E-state index in [1.807, 2.05) is 51.3 Å². The molecule has 0 N–H and O–H groups in total. The van der Waals surface area contributed by atoms with Gasteiger partial charge in [0.15, 0.2) is 0 Å². The van der Waals surface area contributed by atoms with Gasteiger partial charge in [-0.1, -0.05) is 36.1 Å². The molecule has 2 unspecified atom stereocenters. The number of oxime groups is 1. The van der Waals surface area contributed by atoms with Gasteiger partial charge in [-0.25, -0.2) is 0 Å². The Labute approximate surface area is 154 Å². The lowest BCUT2D eigenvalue weighted by molar-refractivity contribution is -0.146. The average molecular weight is 359 g/mol. The first-order chi connectivity index (χ1) is 12.0. The molecule has 0 radical (unpaired) electrons. The van der Waals surface area contributed by atoms with Crippen molar-refractivity contribution >= 4 is 23.4 Å². The van der Waals surface area contributed by atoms with Crippen LogP contribution in [0.1, 0.15) is 51.2 Å². The lowest BCUT2D eigenvalue weighted by atomic mass is 9.97. The van der Waals surface area contributed by atoms with Crippen molar-refractivity contribution < 1.29 is 14.4 Å². The molecule has 2 rings (SSSR count). The van der Waals surface area contributed by atoms with Gasteiger partial charge < -0.3 is 9.57 Å². The first-order valence-electron chi connectivity index (χ1n) is 8.56. The van der Waals surface area contributed by atoms with Crippen LogP contribution < -0.4 is 0 Å². The van der Waals surface area contributed by atoms with E-state index in [1.54, 1.807) is 0 Å². The molecule has 2 atom stereocenters. The van der Waals surface area contributed by atoms with E-state index in [1.165, 1.54) is 11.8 Å². The average Bonchev–Trinajstić information content (AvgIpc) is 3.08. The molecule has 0 amide bonds. The zero-order valence-electron chi connectivity index (χ0n) is 15.3. The molecule has 0 aromatic heterocycles. The third kappa shape index (κ3) is 5.02. The molecule has 0 fully saturated rings. The van der Waals surface area contributed by atoms with E-state index in [2.05, 4.69) is 17.0 Å². The topological polar surface area (TPSA) is 47.9 Å². The number of ether oxygens (including phenoxy) is 1. The summed E-state index contributed by atoms with van der Waals surface area (Å²) >= 11 is 1.49. The number of hydrogen-bond donors (Lipinski definition) is 0. The second kappa shape index (κ2) is 8.96. The van der Waals surface area contributed by atoms with E-state index in [9.17, 15) is 4.79 Å². The number of nitrogens with zero attached hydrogens (tertiary/aromatic N) is 1. The lowest BCUT2D eigenvalue weighted by Crippen LogP contribution is -2.37. The SMILES string of the molecule is CCC#Cc1ccc(C2=NOC(CC(C)(SC)C(=O)OCC)C2)cc1. The summed E-state index contributed by atoms with van der Waals surface area (Å²) in [5.74, 6) is 5.98. The predicted molar refractivity (Wildman–Crippen MR) is 103 cm³/mol. The molecule has 0 spiro atoms. The van der Waals surface area contributed by atoms with Gasteiger partial charge in [0, 0.05) is 24.8 Å². The van der Waals surface area contributed by atoms with Gasteiger partial charge in [-0.3, -0.25) is 4.79 Å². The second-order valence-electron chi connectivity index (χ2n) is 6.06. The van der Waals surface area contributed by atoms with Crippen molar-refractivity contribution in [2.45, 2.75) is 50.9 Å². The largest absolute Gasteiger partial charge is 0.465 e. The van der Waals surface area contributed by atoms with Crippen molar-refractivity contribution in [2.24, 2.45) is 5.16 Å². The molecule has 1 aromatic carbocycles. The van der Waals surface area contributed by atoms with Crippen LogP contribution in [0, 0.1) is 11.8 Å². The van der Waals surface area contributed by atoms with Crippen LogP contribution in [0.5, 0.6) is 0 Å².